The molecule has 0 aliphatic heterocycles. The molecule has 0 spiro atoms. The molecule has 0 aromatic heterocycles. The molecule has 0 saturated carbocycles. The second-order valence-electron chi connectivity index (χ2n) is 4.89. The van der Waals surface area contributed by atoms with Gasteiger partial charge in [0.15, 0.2) is 0 Å². The van der Waals surface area contributed by atoms with E-state index in [1.165, 1.54) is 0 Å². The van der Waals surface area contributed by atoms with E-state index in [2.05, 4.69) is 11.0 Å². The third kappa shape index (κ3) is 3.75. The lowest BCUT2D eigenvalue weighted by Crippen LogP contribution is -2.18. The number of nitrogens with two attached hydrogens (primary N) is 1. The predicted molar refractivity (Wildman–Crippen MR) is 87.7 cm³/mol. The molecule has 0 unspecified atom stereocenters. The van der Waals surface area contributed by atoms with Crippen LogP contribution in [0.2, 0.25) is 5.02 Å². The van der Waals surface area contributed by atoms with E-state index in [0.717, 1.165) is 16.9 Å². The first-order valence-corrected chi connectivity index (χ1v) is 7.26. The van der Waals surface area contributed by atoms with E-state index in [4.69, 9.17) is 22.6 Å². The predicted octanol–water partition coefficient (Wildman–Crippen LogP) is 4.41. The van der Waals surface area contributed by atoms with Crippen molar-refractivity contribution in [2.24, 2.45) is 5.73 Å². The lowest BCUT2D eigenvalue weighted by atomic mass is 10.1. The third-order valence-electron chi connectivity index (χ3n) is 3.30. The molecule has 108 valence electrons. The Kier molecular flexibility index (Phi) is 5.21. The number of halogens is 1. The summed E-state index contributed by atoms with van der Waals surface area (Å²) in [7, 11) is 0. The van der Waals surface area contributed by atoms with Crippen LogP contribution >= 0.6 is 11.6 Å². The van der Waals surface area contributed by atoms with Crippen molar-refractivity contribution in [1.82, 2.24) is 0 Å². The molecule has 21 heavy (non-hydrogen) atoms. The fourth-order valence-corrected chi connectivity index (χ4v) is 2.47. The molecule has 1 atom stereocenters. The number of hydrogen-bond donors (Lipinski definition) is 1. The summed E-state index contributed by atoms with van der Waals surface area (Å²) in [5, 5.41) is 9.51. The van der Waals surface area contributed by atoms with Gasteiger partial charge in [0.05, 0.1) is 23.2 Å². The second kappa shape index (κ2) is 7.12. The van der Waals surface area contributed by atoms with E-state index >= 15 is 0 Å². The van der Waals surface area contributed by atoms with Crippen LogP contribution in [0.1, 0.15) is 24.9 Å². The maximum atomic E-state index is 8.87. The molecular formula is C17H18ClN3. The summed E-state index contributed by atoms with van der Waals surface area (Å²) in [6, 6.07) is 17.9. The topological polar surface area (TPSA) is 53.0 Å². The number of nitriles is 1. The quantitative estimate of drug-likeness (QED) is 0.889. The van der Waals surface area contributed by atoms with Crippen molar-refractivity contribution >= 4 is 23.0 Å². The maximum absolute atomic E-state index is 8.87. The van der Waals surface area contributed by atoms with Crippen LogP contribution in [0.4, 0.5) is 11.4 Å². The minimum atomic E-state index is -0.0548. The molecule has 0 aliphatic carbocycles. The Bertz CT molecular complexity index is 632. The van der Waals surface area contributed by atoms with E-state index in [0.29, 0.717) is 18.0 Å². The Balaban J connectivity index is 2.40. The minimum absolute atomic E-state index is 0.0548. The van der Waals surface area contributed by atoms with Crippen LogP contribution < -0.4 is 10.6 Å². The van der Waals surface area contributed by atoms with Crippen molar-refractivity contribution in [2.75, 3.05) is 11.4 Å². The lowest BCUT2D eigenvalue weighted by Gasteiger charge is -2.25. The average Bonchev–Trinajstić information content (AvgIpc) is 2.50. The van der Waals surface area contributed by atoms with Crippen LogP contribution in [-0.4, -0.2) is 6.54 Å². The molecule has 2 N–H and O–H groups in total. The van der Waals surface area contributed by atoms with Crippen LogP contribution in [0.5, 0.6) is 0 Å². The number of benzene rings is 2. The molecule has 0 fully saturated rings. The normalized spacial score (nSPS) is 11.7. The number of rotatable bonds is 5. The first-order valence-electron chi connectivity index (χ1n) is 6.88. The molecule has 0 saturated heterocycles. The van der Waals surface area contributed by atoms with E-state index in [-0.39, 0.29) is 6.04 Å². The Morgan fingerprint density at radius 3 is 2.52 bits per heavy atom. The zero-order valence-corrected chi connectivity index (χ0v) is 12.7. The third-order valence-corrected chi connectivity index (χ3v) is 3.61. The molecule has 0 aliphatic rings. The summed E-state index contributed by atoms with van der Waals surface area (Å²) >= 11 is 6.42. The van der Waals surface area contributed by atoms with Gasteiger partial charge in [-0.25, -0.2) is 0 Å². The summed E-state index contributed by atoms with van der Waals surface area (Å²) in [5.74, 6) is 0. The Morgan fingerprint density at radius 1 is 1.24 bits per heavy atom. The van der Waals surface area contributed by atoms with Gasteiger partial charge in [-0.3, -0.25) is 0 Å². The maximum Gasteiger partial charge on any atom is 0.0646 e. The fraction of sp³-hybridized carbons (Fsp3) is 0.235. The summed E-state index contributed by atoms with van der Waals surface area (Å²) in [6.45, 7) is 2.52. The molecule has 4 heteroatoms. The van der Waals surface area contributed by atoms with Crippen LogP contribution in [-0.2, 0) is 0 Å². The van der Waals surface area contributed by atoms with Crippen LogP contribution in [0.25, 0.3) is 0 Å². The molecule has 0 heterocycles. The van der Waals surface area contributed by atoms with Crippen molar-refractivity contribution < 1.29 is 0 Å². The molecule has 2 rings (SSSR count). The smallest absolute Gasteiger partial charge is 0.0646 e. The molecule has 2 aromatic rings. The number of anilines is 2. The summed E-state index contributed by atoms with van der Waals surface area (Å²) in [5.41, 5.74) is 8.79. The number of nitrogens with zero attached hydrogens (tertiary/aromatic N) is 2. The number of hydrogen-bond acceptors (Lipinski definition) is 3. The standard InChI is InChI=1S/C17H18ClN3/c1-13(20)14-8-9-17(16(18)12-14)21(11-5-10-19)15-6-3-2-4-7-15/h2-4,6-9,12-13H,5,11,20H2,1H3/t13-/m1/s1. The zero-order chi connectivity index (χ0) is 15.2. The van der Waals surface area contributed by atoms with Crippen LogP contribution in [0, 0.1) is 11.3 Å². The minimum Gasteiger partial charge on any atom is -0.339 e. The zero-order valence-electron chi connectivity index (χ0n) is 12.0. The van der Waals surface area contributed by atoms with Gasteiger partial charge in [0.1, 0.15) is 0 Å². The van der Waals surface area contributed by atoms with E-state index in [1.807, 2.05) is 55.5 Å². The highest BCUT2D eigenvalue weighted by molar-refractivity contribution is 6.33. The average molecular weight is 300 g/mol. The monoisotopic (exact) mass is 299 g/mol. The van der Waals surface area contributed by atoms with E-state index < -0.39 is 0 Å². The van der Waals surface area contributed by atoms with Crippen molar-refractivity contribution in [3.8, 4) is 6.07 Å². The van der Waals surface area contributed by atoms with Crippen molar-refractivity contribution in [1.29, 1.82) is 5.26 Å². The van der Waals surface area contributed by atoms with Gasteiger partial charge in [0.2, 0.25) is 0 Å². The van der Waals surface area contributed by atoms with Crippen molar-refractivity contribution in [3.63, 3.8) is 0 Å². The van der Waals surface area contributed by atoms with Crippen LogP contribution in [0.15, 0.2) is 48.5 Å². The lowest BCUT2D eigenvalue weighted by molar-refractivity contribution is 0.817. The van der Waals surface area contributed by atoms with Crippen molar-refractivity contribution in [2.45, 2.75) is 19.4 Å². The molecule has 3 nitrogen and oxygen atoms in total. The molecular weight excluding hydrogens is 282 g/mol. The van der Waals surface area contributed by atoms with Crippen LogP contribution in [0.3, 0.4) is 0 Å². The molecule has 0 amide bonds. The summed E-state index contributed by atoms with van der Waals surface area (Å²) in [4.78, 5) is 2.05. The van der Waals surface area contributed by atoms with Gasteiger partial charge in [0, 0.05) is 18.3 Å². The highest BCUT2D eigenvalue weighted by Crippen LogP contribution is 2.33. The summed E-state index contributed by atoms with van der Waals surface area (Å²) in [6.07, 6.45) is 0.431. The fourth-order valence-electron chi connectivity index (χ4n) is 2.18. The largest absolute Gasteiger partial charge is 0.339 e. The van der Waals surface area contributed by atoms with Crippen molar-refractivity contribution in [3.05, 3.63) is 59.1 Å². The second-order valence-corrected chi connectivity index (χ2v) is 5.30. The summed E-state index contributed by atoms with van der Waals surface area (Å²) < 4.78 is 0. The molecule has 0 bridgehead atoms. The Labute approximate surface area is 130 Å². The Hall–Kier alpha value is -2.02. The van der Waals surface area contributed by atoms with Gasteiger partial charge in [-0.05, 0) is 36.8 Å². The number of para-hydroxylation sites is 1. The van der Waals surface area contributed by atoms with Gasteiger partial charge in [-0.2, -0.15) is 5.26 Å². The highest BCUT2D eigenvalue weighted by atomic mass is 35.5. The SMILES string of the molecule is C[C@@H](N)c1ccc(N(CCC#N)c2ccccc2)c(Cl)c1. The van der Waals surface area contributed by atoms with Gasteiger partial charge >= 0.3 is 0 Å². The van der Waals surface area contributed by atoms with E-state index in [9.17, 15) is 0 Å². The van der Waals surface area contributed by atoms with Gasteiger partial charge in [-0.15, -0.1) is 0 Å². The first-order chi connectivity index (χ1) is 10.1. The van der Waals surface area contributed by atoms with Gasteiger partial charge < -0.3 is 10.6 Å². The van der Waals surface area contributed by atoms with Gasteiger partial charge in [-0.1, -0.05) is 35.9 Å². The molecule has 2 aromatic carbocycles. The van der Waals surface area contributed by atoms with Gasteiger partial charge in [0.25, 0.3) is 0 Å². The highest BCUT2D eigenvalue weighted by Gasteiger charge is 2.13. The van der Waals surface area contributed by atoms with E-state index in [1.54, 1.807) is 0 Å². The Morgan fingerprint density at radius 2 is 1.95 bits per heavy atom. The molecule has 0 radical (unpaired) electrons. The first kappa shape index (κ1) is 15.4.